The number of aliphatic carboxylic acids is 2. The van der Waals surface area contributed by atoms with Gasteiger partial charge in [0, 0.05) is 12.1 Å². The summed E-state index contributed by atoms with van der Waals surface area (Å²) in [5.41, 5.74) is 2.20. The molecule has 33 heavy (non-hydrogen) atoms. The second kappa shape index (κ2) is 13.0. The first-order valence-corrected chi connectivity index (χ1v) is 10.2. The monoisotopic (exact) mass is 460 g/mol. The van der Waals surface area contributed by atoms with Gasteiger partial charge >= 0.3 is 41.5 Å². The molecule has 0 aliphatic rings. The van der Waals surface area contributed by atoms with Crippen LogP contribution in [0.5, 0.6) is 5.75 Å². The summed E-state index contributed by atoms with van der Waals surface area (Å²) in [5.74, 6) is -2.98. The molecule has 0 bridgehead atoms. The molecule has 0 heterocycles. The Balaban J connectivity index is 0.00000385. The minimum absolute atomic E-state index is 0. The molecule has 3 N–H and O–H groups in total. The molecule has 0 saturated carbocycles. The average Bonchev–Trinajstić information content (AvgIpc) is 2.79. The van der Waals surface area contributed by atoms with E-state index in [0.717, 1.165) is 5.56 Å². The Bertz CT molecular complexity index is 1030. The molecular weight excluding hydrogens is 436 g/mol. The number of carboxylic acid groups (broad SMARTS) is 2. The van der Waals surface area contributed by atoms with Gasteiger partial charge in [-0.15, -0.1) is 0 Å². The van der Waals surface area contributed by atoms with Crippen LogP contribution in [0.25, 0.3) is 0 Å². The zero-order chi connectivity index (χ0) is 22.9. The fourth-order valence-corrected chi connectivity index (χ4v) is 3.37. The van der Waals surface area contributed by atoms with Crippen LogP contribution in [0.15, 0.2) is 78.9 Å². The van der Waals surface area contributed by atoms with Crippen molar-refractivity contribution in [2.75, 3.05) is 5.32 Å². The maximum absolute atomic E-state index is 13.3. The number of ether oxygens (including phenoxy) is 1. The number of rotatable bonds is 11. The predicted molar refractivity (Wildman–Crippen MR) is 118 cm³/mol. The number of hydrogen-bond donors (Lipinski definition) is 3. The number of carbonyl (C=O) groups is 2. The molecule has 0 amide bonds. The van der Waals surface area contributed by atoms with E-state index in [1.165, 1.54) is 24.3 Å². The Morgan fingerprint density at radius 1 is 0.909 bits per heavy atom. The summed E-state index contributed by atoms with van der Waals surface area (Å²) < 4.78 is 19.1. The van der Waals surface area contributed by atoms with E-state index >= 15 is 0 Å². The molecule has 2 atom stereocenters. The minimum Gasteiger partial charge on any atom is -0.489 e. The number of nitrogens with one attached hydrogen (secondary N) is 1. The molecule has 0 spiro atoms. The van der Waals surface area contributed by atoms with Gasteiger partial charge < -0.3 is 20.3 Å². The summed E-state index contributed by atoms with van der Waals surface area (Å²) in [5, 5.41) is 21.9. The molecule has 3 aromatic carbocycles. The van der Waals surface area contributed by atoms with Gasteiger partial charge in [0.1, 0.15) is 18.2 Å². The van der Waals surface area contributed by atoms with Crippen molar-refractivity contribution in [3.8, 4) is 5.75 Å². The number of carboxylic acids is 2. The van der Waals surface area contributed by atoms with Gasteiger partial charge in [-0.1, -0.05) is 42.5 Å². The van der Waals surface area contributed by atoms with E-state index in [2.05, 4.69) is 5.32 Å². The van der Waals surface area contributed by atoms with Gasteiger partial charge in [0.15, 0.2) is 0 Å². The van der Waals surface area contributed by atoms with Crippen LogP contribution in [0, 0.1) is 11.7 Å². The molecule has 3 aromatic rings. The van der Waals surface area contributed by atoms with Crippen LogP contribution < -0.4 is 39.6 Å². The Labute approximate surface area is 213 Å². The van der Waals surface area contributed by atoms with E-state index in [1.54, 1.807) is 24.3 Å². The second-order valence-corrected chi connectivity index (χ2v) is 7.35. The maximum atomic E-state index is 13.3. The van der Waals surface area contributed by atoms with Gasteiger partial charge in [-0.25, -0.2) is 4.39 Å². The van der Waals surface area contributed by atoms with Crippen molar-refractivity contribution in [3.05, 3.63) is 95.8 Å². The molecule has 0 radical (unpaired) electrons. The maximum Gasteiger partial charge on any atom is 1.00 e. The van der Waals surface area contributed by atoms with Crippen LogP contribution >= 0.6 is 0 Å². The van der Waals surface area contributed by atoms with E-state index < -0.39 is 29.7 Å². The van der Waals surface area contributed by atoms with Gasteiger partial charge in [-0.05, 0) is 53.9 Å². The number of hydrogen-bond acceptors (Lipinski definition) is 4. The zero-order valence-electron chi connectivity index (χ0n) is 18.3. The molecule has 3 rings (SSSR count). The molecule has 166 valence electrons. The van der Waals surface area contributed by atoms with Crippen molar-refractivity contribution in [1.82, 2.24) is 0 Å². The smallest absolute Gasteiger partial charge is 0.489 e. The molecule has 8 heteroatoms. The number of anilines is 1. The van der Waals surface area contributed by atoms with E-state index in [-0.39, 0.29) is 42.4 Å². The van der Waals surface area contributed by atoms with Crippen LogP contribution in [0.3, 0.4) is 0 Å². The molecular formula is C25H24FNNaO5+. The van der Waals surface area contributed by atoms with Crippen molar-refractivity contribution in [2.24, 2.45) is 5.92 Å². The molecule has 0 saturated heterocycles. The Kier molecular flexibility index (Phi) is 10.4. The standard InChI is InChI=1S/C25H24FNO5.Na/c26-19-8-10-20(11-9-19)27-24(22(25(30)31)14-15-23(28)29)18-6-12-21(13-7-18)32-16-17-4-2-1-3-5-17;/h1-13,22,24,27H,14-16H2,(H,28,29)(H,30,31);/q;+1/t22-,24-;/m1./s1. The first-order chi connectivity index (χ1) is 15.4. The van der Waals surface area contributed by atoms with Crippen molar-refractivity contribution in [2.45, 2.75) is 25.5 Å². The van der Waals surface area contributed by atoms with Crippen molar-refractivity contribution in [3.63, 3.8) is 0 Å². The summed E-state index contributed by atoms with van der Waals surface area (Å²) in [6, 6.07) is 21.5. The van der Waals surface area contributed by atoms with Crippen LogP contribution in [-0.2, 0) is 16.2 Å². The normalized spacial score (nSPS) is 12.2. The third-order valence-electron chi connectivity index (χ3n) is 5.04. The largest absolute Gasteiger partial charge is 1.00 e. The first-order valence-electron chi connectivity index (χ1n) is 10.2. The third kappa shape index (κ3) is 8.20. The summed E-state index contributed by atoms with van der Waals surface area (Å²) in [4.78, 5) is 23.0. The number of benzene rings is 3. The molecule has 0 aliphatic carbocycles. The number of halogens is 1. The summed E-state index contributed by atoms with van der Waals surface area (Å²) in [7, 11) is 0. The Hall–Kier alpha value is -2.87. The van der Waals surface area contributed by atoms with Crippen LogP contribution in [0.2, 0.25) is 0 Å². The van der Waals surface area contributed by atoms with Gasteiger partial charge in [-0.3, -0.25) is 9.59 Å². The molecule has 0 aromatic heterocycles. The van der Waals surface area contributed by atoms with E-state index in [4.69, 9.17) is 9.84 Å². The minimum atomic E-state index is -1.12. The molecule has 0 aliphatic heterocycles. The summed E-state index contributed by atoms with van der Waals surface area (Å²) in [6.45, 7) is 0.397. The van der Waals surface area contributed by atoms with Gasteiger partial charge in [0.25, 0.3) is 0 Å². The van der Waals surface area contributed by atoms with Gasteiger partial charge in [-0.2, -0.15) is 0 Å². The Morgan fingerprint density at radius 3 is 2.12 bits per heavy atom. The average molecular weight is 460 g/mol. The van der Waals surface area contributed by atoms with Crippen LogP contribution in [0.4, 0.5) is 10.1 Å². The fraction of sp³-hybridized carbons (Fsp3) is 0.200. The molecule has 0 fully saturated rings. The third-order valence-corrected chi connectivity index (χ3v) is 5.04. The molecule has 0 unspecified atom stereocenters. The van der Waals surface area contributed by atoms with Crippen molar-refractivity contribution < 1.29 is 58.5 Å². The van der Waals surface area contributed by atoms with E-state index in [9.17, 15) is 19.1 Å². The second-order valence-electron chi connectivity index (χ2n) is 7.35. The first kappa shape index (κ1) is 26.4. The SMILES string of the molecule is O=C(O)CC[C@@H](C(=O)O)[C@H](Nc1ccc(F)cc1)c1ccc(OCc2ccccc2)cc1.[Na+]. The van der Waals surface area contributed by atoms with Gasteiger partial charge in [0.05, 0.1) is 12.0 Å². The van der Waals surface area contributed by atoms with Crippen LogP contribution in [-0.4, -0.2) is 22.2 Å². The van der Waals surface area contributed by atoms with Crippen molar-refractivity contribution >= 4 is 17.6 Å². The Morgan fingerprint density at radius 2 is 1.55 bits per heavy atom. The predicted octanol–water partition coefficient (Wildman–Crippen LogP) is 2.13. The topological polar surface area (TPSA) is 95.9 Å². The summed E-state index contributed by atoms with van der Waals surface area (Å²) in [6.07, 6.45) is -0.341. The fourth-order valence-electron chi connectivity index (χ4n) is 3.37. The summed E-state index contributed by atoms with van der Waals surface area (Å²) >= 11 is 0. The van der Waals surface area contributed by atoms with Crippen LogP contribution in [0.1, 0.15) is 30.0 Å². The van der Waals surface area contributed by atoms with Crippen molar-refractivity contribution in [1.29, 1.82) is 0 Å². The van der Waals surface area contributed by atoms with E-state index in [1.807, 2.05) is 30.3 Å². The zero-order valence-corrected chi connectivity index (χ0v) is 20.3. The molecule has 6 nitrogen and oxygen atoms in total. The van der Waals surface area contributed by atoms with Gasteiger partial charge in [0.2, 0.25) is 0 Å². The van der Waals surface area contributed by atoms with E-state index in [0.29, 0.717) is 23.6 Å². The quantitative estimate of drug-likeness (QED) is 0.380.